The molecule has 1 aromatic carbocycles. The number of rotatable bonds is 1. The number of hydrogen-bond donors (Lipinski definition) is 0. The Morgan fingerprint density at radius 1 is 1.24 bits per heavy atom. The summed E-state index contributed by atoms with van der Waals surface area (Å²) in [6, 6.07) is 6.51. The molecule has 3 heteroatoms. The number of halogens is 1. The monoisotopic (exact) mass is 295 g/mol. The molecular formula is C14H18BrNO. The third-order valence-electron chi connectivity index (χ3n) is 4.12. The van der Waals surface area contributed by atoms with Gasteiger partial charge in [-0.25, -0.2) is 0 Å². The van der Waals surface area contributed by atoms with Crippen LogP contribution in [-0.2, 0) is 4.74 Å². The Morgan fingerprint density at radius 2 is 1.94 bits per heavy atom. The van der Waals surface area contributed by atoms with Crippen LogP contribution >= 0.6 is 15.9 Å². The molecule has 0 aromatic heterocycles. The highest BCUT2D eigenvalue weighted by molar-refractivity contribution is 9.10. The van der Waals surface area contributed by atoms with E-state index in [-0.39, 0.29) is 0 Å². The van der Waals surface area contributed by atoms with Gasteiger partial charge in [0.05, 0.1) is 5.69 Å². The lowest BCUT2D eigenvalue weighted by atomic mass is 9.73. The van der Waals surface area contributed by atoms with Crippen molar-refractivity contribution < 1.29 is 4.74 Å². The summed E-state index contributed by atoms with van der Waals surface area (Å²) in [5.41, 5.74) is 3.21. The minimum Gasteiger partial charge on any atom is -0.381 e. The van der Waals surface area contributed by atoms with Crippen LogP contribution in [0.5, 0.6) is 0 Å². The molecule has 92 valence electrons. The van der Waals surface area contributed by atoms with Gasteiger partial charge >= 0.3 is 0 Å². The fraction of sp³-hybridized carbons (Fsp3) is 0.571. The van der Waals surface area contributed by atoms with Crippen LogP contribution in [-0.4, -0.2) is 26.3 Å². The first-order chi connectivity index (χ1) is 8.20. The van der Waals surface area contributed by atoms with Crippen molar-refractivity contribution in [1.29, 1.82) is 0 Å². The largest absolute Gasteiger partial charge is 0.381 e. The summed E-state index contributed by atoms with van der Waals surface area (Å²) in [6.45, 7) is 6.43. The molecule has 2 heterocycles. The van der Waals surface area contributed by atoms with Crippen LogP contribution in [0.3, 0.4) is 0 Å². The van der Waals surface area contributed by atoms with E-state index in [2.05, 4.69) is 46.0 Å². The van der Waals surface area contributed by atoms with Gasteiger partial charge in [-0.05, 0) is 47.3 Å². The Morgan fingerprint density at radius 3 is 2.65 bits per heavy atom. The van der Waals surface area contributed by atoms with E-state index in [1.54, 1.807) is 0 Å². The van der Waals surface area contributed by atoms with Crippen molar-refractivity contribution in [2.45, 2.75) is 19.8 Å². The highest BCUT2D eigenvalue weighted by Gasteiger charge is 2.44. The first-order valence-corrected chi connectivity index (χ1v) is 7.07. The van der Waals surface area contributed by atoms with E-state index in [4.69, 9.17) is 4.74 Å². The summed E-state index contributed by atoms with van der Waals surface area (Å²) < 4.78 is 6.71. The second-order valence-electron chi connectivity index (χ2n) is 5.38. The van der Waals surface area contributed by atoms with E-state index < -0.39 is 0 Å². The number of hydrogen-bond acceptors (Lipinski definition) is 2. The van der Waals surface area contributed by atoms with Gasteiger partial charge in [0.1, 0.15) is 0 Å². The minimum atomic E-state index is 0.543. The zero-order chi connectivity index (χ0) is 11.9. The van der Waals surface area contributed by atoms with Crippen LogP contribution < -0.4 is 4.90 Å². The van der Waals surface area contributed by atoms with Crippen molar-refractivity contribution in [2.24, 2.45) is 5.41 Å². The quantitative estimate of drug-likeness (QED) is 0.788. The number of benzene rings is 1. The Kier molecular flexibility index (Phi) is 2.91. The van der Waals surface area contributed by atoms with Gasteiger partial charge in [-0.15, -0.1) is 0 Å². The van der Waals surface area contributed by atoms with E-state index in [1.807, 2.05) is 0 Å². The maximum atomic E-state index is 5.46. The Hall–Kier alpha value is -0.540. The molecule has 0 radical (unpaired) electrons. The summed E-state index contributed by atoms with van der Waals surface area (Å²) in [5, 5.41) is 0. The second-order valence-corrected chi connectivity index (χ2v) is 6.17. The maximum absolute atomic E-state index is 5.46. The van der Waals surface area contributed by atoms with Gasteiger partial charge in [0.2, 0.25) is 0 Å². The van der Waals surface area contributed by atoms with E-state index in [1.165, 1.54) is 41.7 Å². The van der Waals surface area contributed by atoms with Gasteiger partial charge in [0, 0.05) is 36.2 Å². The van der Waals surface area contributed by atoms with Gasteiger partial charge in [-0.3, -0.25) is 0 Å². The molecule has 0 bridgehead atoms. The highest BCUT2D eigenvalue weighted by atomic mass is 79.9. The third kappa shape index (κ3) is 2.00. The van der Waals surface area contributed by atoms with Gasteiger partial charge in [-0.2, -0.15) is 0 Å². The van der Waals surface area contributed by atoms with Crippen molar-refractivity contribution in [1.82, 2.24) is 0 Å². The van der Waals surface area contributed by atoms with Gasteiger partial charge < -0.3 is 9.64 Å². The van der Waals surface area contributed by atoms with Crippen LogP contribution in [0, 0.1) is 12.3 Å². The Labute approximate surface area is 111 Å². The standard InChI is InChI=1S/C14H18BrNO/c1-11-3-2-4-12(13(11)15)16-9-14(10-16)5-7-17-8-6-14/h2-4H,5-10H2,1H3. The van der Waals surface area contributed by atoms with E-state index in [9.17, 15) is 0 Å². The molecule has 3 rings (SSSR count). The molecule has 0 aliphatic carbocycles. The lowest BCUT2D eigenvalue weighted by molar-refractivity contribution is -0.000237. The molecule has 1 spiro atoms. The van der Waals surface area contributed by atoms with Crippen molar-refractivity contribution in [3.05, 3.63) is 28.2 Å². The Balaban J connectivity index is 1.74. The van der Waals surface area contributed by atoms with Gasteiger partial charge in [-0.1, -0.05) is 12.1 Å². The van der Waals surface area contributed by atoms with E-state index >= 15 is 0 Å². The van der Waals surface area contributed by atoms with Crippen LogP contribution in [0.25, 0.3) is 0 Å². The molecule has 0 saturated carbocycles. The molecule has 0 N–H and O–H groups in total. The summed E-state index contributed by atoms with van der Waals surface area (Å²) in [6.07, 6.45) is 2.46. The third-order valence-corrected chi connectivity index (χ3v) is 5.15. The fourth-order valence-electron chi connectivity index (χ4n) is 2.93. The average Bonchev–Trinajstić information content (AvgIpc) is 2.31. The number of anilines is 1. The second kappa shape index (κ2) is 4.29. The van der Waals surface area contributed by atoms with Crippen LogP contribution in [0.2, 0.25) is 0 Å². The molecule has 2 nitrogen and oxygen atoms in total. The summed E-state index contributed by atoms with van der Waals surface area (Å²) in [7, 11) is 0. The summed E-state index contributed by atoms with van der Waals surface area (Å²) in [5.74, 6) is 0. The SMILES string of the molecule is Cc1cccc(N2CC3(CCOCC3)C2)c1Br. The van der Waals surface area contributed by atoms with E-state index in [0.29, 0.717) is 5.41 Å². The molecular weight excluding hydrogens is 278 g/mol. The molecule has 2 aliphatic rings. The molecule has 2 saturated heterocycles. The van der Waals surface area contributed by atoms with Crippen molar-refractivity contribution in [2.75, 3.05) is 31.2 Å². The summed E-state index contributed by atoms with van der Waals surface area (Å²) >= 11 is 3.70. The first-order valence-electron chi connectivity index (χ1n) is 6.28. The van der Waals surface area contributed by atoms with Gasteiger partial charge in [0.25, 0.3) is 0 Å². The summed E-state index contributed by atoms with van der Waals surface area (Å²) in [4.78, 5) is 2.49. The lowest BCUT2D eigenvalue weighted by Gasteiger charge is -2.53. The predicted octanol–water partition coefficient (Wildman–Crippen LogP) is 3.37. The topological polar surface area (TPSA) is 12.5 Å². The molecule has 17 heavy (non-hydrogen) atoms. The van der Waals surface area contributed by atoms with Crippen molar-refractivity contribution >= 4 is 21.6 Å². The number of nitrogens with zero attached hydrogens (tertiary/aromatic N) is 1. The van der Waals surface area contributed by atoms with Crippen LogP contribution in [0.15, 0.2) is 22.7 Å². The maximum Gasteiger partial charge on any atom is 0.0513 e. The van der Waals surface area contributed by atoms with Gasteiger partial charge in [0.15, 0.2) is 0 Å². The van der Waals surface area contributed by atoms with E-state index in [0.717, 1.165) is 13.2 Å². The highest BCUT2D eigenvalue weighted by Crippen LogP contribution is 2.44. The molecule has 0 amide bonds. The molecule has 2 fully saturated rings. The molecule has 2 aliphatic heterocycles. The fourth-order valence-corrected chi connectivity index (χ4v) is 3.45. The average molecular weight is 296 g/mol. The van der Waals surface area contributed by atoms with Crippen molar-refractivity contribution in [3.63, 3.8) is 0 Å². The van der Waals surface area contributed by atoms with Crippen LogP contribution in [0.1, 0.15) is 18.4 Å². The number of aryl methyl sites for hydroxylation is 1. The zero-order valence-electron chi connectivity index (χ0n) is 10.2. The lowest BCUT2D eigenvalue weighted by Crippen LogP contribution is -2.58. The predicted molar refractivity (Wildman–Crippen MR) is 73.6 cm³/mol. The van der Waals surface area contributed by atoms with Crippen LogP contribution in [0.4, 0.5) is 5.69 Å². The molecule has 0 atom stereocenters. The first kappa shape index (κ1) is 11.5. The zero-order valence-corrected chi connectivity index (χ0v) is 11.8. The van der Waals surface area contributed by atoms with Crippen molar-refractivity contribution in [3.8, 4) is 0 Å². The molecule has 0 unspecified atom stereocenters. The minimum absolute atomic E-state index is 0.543. The normalized spacial score (nSPS) is 22.6. The number of ether oxygens (including phenoxy) is 1. The molecule has 1 aromatic rings. The smallest absolute Gasteiger partial charge is 0.0513 e. The Bertz CT molecular complexity index is 418.